The molecular formula is C21H14Br2O. The van der Waals surface area contributed by atoms with Crippen LogP contribution in [0.1, 0.15) is 25.0 Å². The zero-order valence-electron chi connectivity index (χ0n) is 13.3. The predicted octanol–water partition coefficient (Wildman–Crippen LogP) is 7.42. The van der Waals surface area contributed by atoms with Crippen molar-refractivity contribution < 1.29 is 4.42 Å². The molecule has 0 bridgehead atoms. The topological polar surface area (TPSA) is 13.1 Å². The number of benzene rings is 3. The standard InChI is InChI=1S/C21H14Br2O/c1-21(2)14-8-7-11(22)9-13(14)18-15(21)10-16(23)19-12-5-3-4-6-17(12)24-20(18)19/h3-10H,1-2H3. The van der Waals surface area contributed by atoms with Crippen LogP contribution in [0, 0.1) is 0 Å². The minimum Gasteiger partial charge on any atom is -0.455 e. The lowest BCUT2D eigenvalue weighted by Gasteiger charge is -2.21. The second-order valence-electron chi connectivity index (χ2n) is 6.90. The van der Waals surface area contributed by atoms with E-state index >= 15 is 0 Å². The summed E-state index contributed by atoms with van der Waals surface area (Å²) in [5.74, 6) is 0. The van der Waals surface area contributed by atoms with Crippen LogP contribution in [-0.2, 0) is 5.41 Å². The fraction of sp³-hybridized carbons (Fsp3) is 0.143. The van der Waals surface area contributed by atoms with Crippen LogP contribution < -0.4 is 0 Å². The van der Waals surface area contributed by atoms with Crippen LogP contribution in [0.5, 0.6) is 0 Å². The second-order valence-corrected chi connectivity index (χ2v) is 8.67. The van der Waals surface area contributed by atoms with Crippen LogP contribution in [0.2, 0.25) is 0 Å². The average molecular weight is 442 g/mol. The van der Waals surface area contributed by atoms with Gasteiger partial charge >= 0.3 is 0 Å². The molecule has 0 saturated carbocycles. The van der Waals surface area contributed by atoms with Crippen molar-refractivity contribution in [3.63, 3.8) is 0 Å². The molecule has 1 aliphatic rings. The van der Waals surface area contributed by atoms with E-state index in [-0.39, 0.29) is 5.41 Å². The van der Waals surface area contributed by atoms with E-state index in [0.717, 1.165) is 30.9 Å². The van der Waals surface area contributed by atoms with Gasteiger partial charge in [-0.15, -0.1) is 0 Å². The maximum atomic E-state index is 6.32. The lowest BCUT2D eigenvalue weighted by Crippen LogP contribution is -2.14. The molecule has 1 heterocycles. The Morgan fingerprint density at radius 1 is 0.917 bits per heavy atom. The van der Waals surface area contributed by atoms with Crippen molar-refractivity contribution in [1.29, 1.82) is 0 Å². The lowest BCUT2D eigenvalue weighted by atomic mass is 9.82. The Bertz CT molecular complexity index is 1150. The van der Waals surface area contributed by atoms with Gasteiger partial charge in [0, 0.05) is 30.7 Å². The minimum atomic E-state index is -0.0406. The largest absolute Gasteiger partial charge is 0.455 e. The molecule has 0 fully saturated rings. The molecule has 24 heavy (non-hydrogen) atoms. The molecule has 0 amide bonds. The van der Waals surface area contributed by atoms with Gasteiger partial charge in [0.25, 0.3) is 0 Å². The number of para-hydroxylation sites is 1. The Morgan fingerprint density at radius 2 is 1.71 bits per heavy atom. The highest BCUT2D eigenvalue weighted by atomic mass is 79.9. The van der Waals surface area contributed by atoms with Gasteiger partial charge < -0.3 is 4.42 Å². The van der Waals surface area contributed by atoms with E-state index in [9.17, 15) is 0 Å². The first kappa shape index (κ1) is 14.7. The van der Waals surface area contributed by atoms with Gasteiger partial charge in [0.2, 0.25) is 0 Å². The molecule has 0 aliphatic heterocycles. The molecule has 5 rings (SSSR count). The number of halogens is 2. The molecule has 0 spiro atoms. The summed E-state index contributed by atoms with van der Waals surface area (Å²) >= 11 is 7.42. The van der Waals surface area contributed by atoms with Crippen LogP contribution in [-0.4, -0.2) is 0 Å². The molecule has 0 radical (unpaired) electrons. The molecule has 0 atom stereocenters. The van der Waals surface area contributed by atoms with E-state index < -0.39 is 0 Å². The van der Waals surface area contributed by atoms with Gasteiger partial charge in [0.1, 0.15) is 11.2 Å². The summed E-state index contributed by atoms with van der Waals surface area (Å²) in [6, 6.07) is 17.1. The first-order valence-electron chi connectivity index (χ1n) is 7.93. The molecule has 1 nitrogen and oxygen atoms in total. The Labute approximate surface area is 156 Å². The zero-order valence-corrected chi connectivity index (χ0v) is 16.5. The molecule has 118 valence electrons. The summed E-state index contributed by atoms with van der Waals surface area (Å²) in [5, 5.41) is 2.32. The maximum absolute atomic E-state index is 6.32. The highest BCUT2D eigenvalue weighted by molar-refractivity contribution is 9.11. The van der Waals surface area contributed by atoms with E-state index in [2.05, 4.69) is 82.1 Å². The van der Waals surface area contributed by atoms with Gasteiger partial charge in [-0.1, -0.05) is 70.0 Å². The van der Waals surface area contributed by atoms with Gasteiger partial charge in [-0.3, -0.25) is 0 Å². The summed E-state index contributed by atoms with van der Waals surface area (Å²) in [6.45, 7) is 4.57. The summed E-state index contributed by atoms with van der Waals surface area (Å²) in [7, 11) is 0. The number of fused-ring (bicyclic) bond motifs is 7. The van der Waals surface area contributed by atoms with Crippen molar-refractivity contribution in [2.24, 2.45) is 0 Å². The molecule has 3 aromatic carbocycles. The minimum absolute atomic E-state index is 0.0406. The molecule has 0 N–H and O–H groups in total. The Balaban J connectivity index is 2.04. The zero-order chi connectivity index (χ0) is 16.6. The van der Waals surface area contributed by atoms with E-state index in [4.69, 9.17) is 4.42 Å². The summed E-state index contributed by atoms with van der Waals surface area (Å²) in [6.07, 6.45) is 0. The monoisotopic (exact) mass is 440 g/mol. The molecule has 0 unspecified atom stereocenters. The molecule has 1 aromatic heterocycles. The lowest BCUT2D eigenvalue weighted by molar-refractivity contribution is 0.652. The normalized spacial score (nSPS) is 15.0. The maximum Gasteiger partial charge on any atom is 0.144 e. The highest BCUT2D eigenvalue weighted by Crippen LogP contribution is 2.54. The quantitative estimate of drug-likeness (QED) is 0.276. The Hall–Kier alpha value is -1.58. The molecule has 0 saturated heterocycles. The van der Waals surface area contributed by atoms with Crippen molar-refractivity contribution in [2.75, 3.05) is 0 Å². The second kappa shape index (κ2) is 4.74. The molecular weight excluding hydrogens is 428 g/mol. The van der Waals surface area contributed by atoms with E-state index in [1.807, 2.05) is 12.1 Å². The fourth-order valence-corrected chi connectivity index (χ4v) is 5.01. The van der Waals surface area contributed by atoms with Crippen molar-refractivity contribution in [3.05, 3.63) is 68.6 Å². The smallest absolute Gasteiger partial charge is 0.144 e. The third-order valence-electron chi connectivity index (χ3n) is 5.20. The van der Waals surface area contributed by atoms with Crippen molar-refractivity contribution in [3.8, 4) is 11.1 Å². The van der Waals surface area contributed by atoms with Crippen LogP contribution in [0.4, 0.5) is 0 Å². The molecule has 3 heteroatoms. The number of rotatable bonds is 0. The Morgan fingerprint density at radius 3 is 2.54 bits per heavy atom. The van der Waals surface area contributed by atoms with E-state index in [0.29, 0.717) is 0 Å². The summed E-state index contributed by atoms with van der Waals surface area (Å²) < 4.78 is 8.51. The average Bonchev–Trinajstić information content (AvgIpc) is 3.02. The number of hydrogen-bond donors (Lipinski definition) is 0. The van der Waals surface area contributed by atoms with Crippen molar-refractivity contribution in [2.45, 2.75) is 19.3 Å². The number of hydrogen-bond acceptors (Lipinski definition) is 1. The van der Waals surface area contributed by atoms with E-state index in [1.54, 1.807) is 0 Å². The SMILES string of the molecule is CC1(C)c2ccc(Br)cc2-c2c1cc(Br)c1c2oc2ccccc21. The predicted molar refractivity (Wildman–Crippen MR) is 107 cm³/mol. The summed E-state index contributed by atoms with van der Waals surface area (Å²) in [4.78, 5) is 0. The van der Waals surface area contributed by atoms with Gasteiger partial charge in [0.15, 0.2) is 0 Å². The highest BCUT2D eigenvalue weighted by Gasteiger charge is 2.38. The van der Waals surface area contributed by atoms with E-state index in [1.165, 1.54) is 22.3 Å². The van der Waals surface area contributed by atoms with Crippen LogP contribution in [0.3, 0.4) is 0 Å². The fourth-order valence-electron chi connectivity index (χ4n) is 4.03. The van der Waals surface area contributed by atoms with Crippen LogP contribution in [0.25, 0.3) is 33.1 Å². The van der Waals surface area contributed by atoms with Crippen LogP contribution in [0.15, 0.2) is 61.9 Å². The third-order valence-corrected chi connectivity index (χ3v) is 6.32. The van der Waals surface area contributed by atoms with Gasteiger partial charge in [-0.25, -0.2) is 0 Å². The van der Waals surface area contributed by atoms with Crippen LogP contribution >= 0.6 is 31.9 Å². The first-order chi connectivity index (χ1) is 11.5. The third kappa shape index (κ3) is 1.75. The van der Waals surface area contributed by atoms with Gasteiger partial charge in [-0.2, -0.15) is 0 Å². The first-order valence-corrected chi connectivity index (χ1v) is 9.51. The van der Waals surface area contributed by atoms with Gasteiger partial charge in [0.05, 0.1) is 0 Å². The Kier molecular flexibility index (Phi) is 2.91. The summed E-state index contributed by atoms with van der Waals surface area (Å²) in [5.41, 5.74) is 7.02. The molecule has 1 aliphatic carbocycles. The van der Waals surface area contributed by atoms with Gasteiger partial charge in [-0.05, 0) is 41.0 Å². The number of furan rings is 1. The molecule has 4 aromatic rings. The van der Waals surface area contributed by atoms with Crippen molar-refractivity contribution >= 4 is 53.8 Å². The van der Waals surface area contributed by atoms with Crippen molar-refractivity contribution in [1.82, 2.24) is 0 Å².